The van der Waals surface area contributed by atoms with Crippen LogP contribution in [0.25, 0.3) is 0 Å². The summed E-state index contributed by atoms with van der Waals surface area (Å²) in [7, 11) is 1.73. The molecule has 4 heteroatoms. The Morgan fingerprint density at radius 2 is 2.05 bits per heavy atom. The molecule has 20 heavy (non-hydrogen) atoms. The number of hydrogen-bond donors (Lipinski definition) is 0. The van der Waals surface area contributed by atoms with Crippen molar-refractivity contribution in [1.82, 2.24) is 9.80 Å². The average molecular weight is 270 g/mol. The first kappa shape index (κ1) is 12.9. The molecule has 1 fully saturated rings. The summed E-state index contributed by atoms with van der Waals surface area (Å²) >= 11 is 0. The fraction of sp³-hybridized carbons (Fsp3) is 0.375. The quantitative estimate of drug-likeness (QED) is 0.784. The molecule has 2 amide bonds. The first-order valence-corrected chi connectivity index (χ1v) is 6.85. The lowest BCUT2D eigenvalue weighted by molar-refractivity contribution is -0.135. The monoisotopic (exact) mass is 270 g/mol. The summed E-state index contributed by atoms with van der Waals surface area (Å²) in [6, 6.07) is 5.48. The van der Waals surface area contributed by atoms with E-state index in [2.05, 4.69) is 6.58 Å². The molecule has 1 aromatic rings. The molecule has 2 aliphatic rings. The second-order valence-corrected chi connectivity index (χ2v) is 5.61. The third kappa shape index (κ3) is 1.83. The number of aryl methyl sites for hydroxylation is 1. The highest BCUT2D eigenvalue weighted by atomic mass is 16.2. The minimum absolute atomic E-state index is 0.0285. The van der Waals surface area contributed by atoms with Crippen LogP contribution in [0.3, 0.4) is 0 Å². The Balaban J connectivity index is 1.89. The minimum Gasteiger partial charge on any atom is -0.322 e. The van der Waals surface area contributed by atoms with E-state index in [1.807, 2.05) is 25.1 Å². The van der Waals surface area contributed by atoms with Crippen LogP contribution in [0.15, 0.2) is 30.5 Å². The van der Waals surface area contributed by atoms with Crippen molar-refractivity contribution in [3.63, 3.8) is 0 Å². The highest BCUT2D eigenvalue weighted by Crippen LogP contribution is 2.30. The lowest BCUT2D eigenvalue weighted by Gasteiger charge is -2.35. The fourth-order valence-corrected chi connectivity index (χ4v) is 2.99. The molecular weight excluding hydrogens is 252 g/mol. The Bertz CT molecular complexity index is 621. The number of benzene rings is 1. The fourth-order valence-electron chi connectivity index (χ4n) is 2.99. The highest BCUT2D eigenvalue weighted by Gasteiger charge is 2.39. The normalized spacial score (nSPS) is 22.5. The summed E-state index contributed by atoms with van der Waals surface area (Å²) < 4.78 is 0. The summed E-state index contributed by atoms with van der Waals surface area (Å²) in [5.74, 6) is -0.0570. The third-order valence-corrected chi connectivity index (χ3v) is 4.27. The van der Waals surface area contributed by atoms with Gasteiger partial charge in [0.05, 0.1) is 0 Å². The van der Waals surface area contributed by atoms with Crippen LogP contribution in [0.5, 0.6) is 0 Å². The molecule has 3 rings (SSSR count). The maximum atomic E-state index is 12.5. The SMILES string of the molecule is C=C1CCC(N2Cc3cc(C)ccc3C2=O)C(=O)N1C. The molecule has 4 nitrogen and oxygen atoms in total. The molecule has 104 valence electrons. The van der Waals surface area contributed by atoms with Gasteiger partial charge in [0.25, 0.3) is 5.91 Å². The van der Waals surface area contributed by atoms with Crippen LogP contribution in [0.1, 0.15) is 34.3 Å². The second kappa shape index (κ2) is 4.47. The van der Waals surface area contributed by atoms with Crippen molar-refractivity contribution in [2.75, 3.05) is 7.05 Å². The first-order chi connectivity index (χ1) is 9.49. The summed E-state index contributed by atoms with van der Waals surface area (Å²) in [4.78, 5) is 28.1. The van der Waals surface area contributed by atoms with Gasteiger partial charge in [0.1, 0.15) is 6.04 Å². The first-order valence-electron chi connectivity index (χ1n) is 6.85. The number of piperidine rings is 1. The van der Waals surface area contributed by atoms with Gasteiger partial charge >= 0.3 is 0 Å². The van der Waals surface area contributed by atoms with Crippen molar-refractivity contribution >= 4 is 11.8 Å². The van der Waals surface area contributed by atoms with Crippen molar-refractivity contribution in [2.24, 2.45) is 0 Å². The van der Waals surface area contributed by atoms with Crippen molar-refractivity contribution in [3.05, 3.63) is 47.2 Å². The number of carbonyl (C=O) groups is 2. The topological polar surface area (TPSA) is 40.6 Å². The number of likely N-dealkylation sites (N-methyl/N-ethyl adjacent to an activating group) is 1. The molecule has 0 radical (unpaired) electrons. The van der Waals surface area contributed by atoms with E-state index in [0.717, 1.165) is 28.8 Å². The van der Waals surface area contributed by atoms with E-state index in [9.17, 15) is 9.59 Å². The number of nitrogens with zero attached hydrogens (tertiary/aromatic N) is 2. The highest BCUT2D eigenvalue weighted by molar-refractivity contribution is 6.01. The van der Waals surface area contributed by atoms with Crippen LogP contribution in [-0.2, 0) is 11.3 Å². The number of amides is 2. The van der Waals surface area contributed by atoms with Gasteiger partial charge in [0.15, 0.2) is 0 Å². The van der Waals surface area contributed by atoms with Gasteiger partial charge in [-0.05, 0) is 31.4 Å². The molecule has 1 atom stereocenters. The van der Waals surface area contributed by atoms with Gasteiger partial charge in [0.2, 0.25) is 5.91 Å². The van der Waals surface area contributed by atoms with E-state index >= 15 is 0 Å². The molecule has 0 bridgehead atoms. The number of carbonyl (C=O) groups excluding carboxylic acids is 2. The van der Waals surface area contributed by atoms with Gasteiger partial charge in [-0.25, -0.2) is 0 Å². The van der Waals surface area contributed by atoms with Crippen LogP contribution in [0.2, 0.25) is 0 Å². The van der Waals surface area contributed by atoms with Crippen molar-refractivity contribution in [2.45, 2.75) is 32.4 Å². The molecule has 0 aliphatic carbocycles. The zero-order valence-electron chi connectivity index (χ0n) is 11.8. The predicted octanol–water partition coefficient (Wildman–Crippen LogP) is 2.09. The molecule has 1 saturated heterocycles. The van der Waals surface area contributed by atoms with E-state index in [1.54, 1.807) is 16.8 Å². The van der Waals surface area contributed by atoms with Gasteiger partial charge in [-0.2, -0.15) is 0 Å². The van der Waals surface area contributed by atoms with Crippen LogP contribution in [-0.4, -0.2) is 34.7 Å². The number of fused-ring (bicyclic) bond motifs is 1. The predicted molar refractivity (Wildman–Crippen MR) is 76.0 cm³/mol. The zero-order valence-corrected chi connectivity index (χ0v) is 11.8. The number of likely N-dealkylation sites (tertiary alicyclic amines) is 1. The van der Waals surface area contributed by atoms with Crippen LogP contribution in [0.4, 0.5) is 0 Å². The summed E-state index contributed by atoms with van der Waals surface area (Å²) in [6.07, 6.45) is 1.42. The average Bonchev–Trinajstić information content (AvgIpc) is 2.73. The van der Waals surface area contributed by atoms with Crippen molar-refractivity contribution in [3.8, 4) is 0 Å². The van der Waals surface area contributed by atoms with Crippen LogP contribution in [0, 0.1) is 6.92 Å². The summed E-state index contributed by atoms with van der Waals surface area (Å²) in [5, 5.41) is 0. The van der Waals surface area contributed by atoms with E-state index in [0.29, 0.717) is 13.0 Å². The van der Waals surface area contributed by atoms with E-state index in [-0.39, 0.29) is 17.9 Å². The van der Waals surface area contributed by atoms with Gasteiger partial charge in [0, 0.05) is 24.9 Å². The Kier molecular flexibility index (Phi) is 2.89. The third-order valence-electron chi connectivity index (χ3n) is 4.27. The standard InChI is InChI=1S/C16H18N2O2/c1-10-4-6-13-12(8-10)9-18(15(13)19)14-7-5-11(2)17(3)16(14)20/h4,6,8,14H,2,5,7,9H2,1,3H3. The van der Waals surface area contributed by atoms with Gasteiger partial charge < -0.3 is 9.80 Å². The lowest BCUT2D eigenvalue weighted by Crippen LogP contribution is -2.50. The Hall–Kier alpha value is -2.10. The van der Waals surface area contributed by atoms with Gasteiger partial charge in [-0.3, -0.25) is 9.59 Å². The number of rotatable bonds is 1. The minimum atomic E-state index is -0.356. The summed E-state index contributed by atoms with van der Waals surface area (Å²) in [5.41, 5.74) is 3.72. The largest absolute Gasteiger partial charge is 0.322 e. The van der Waals surface area contributed by atoms with E-state index in [1.165, 1.54) is 0 Å². The second-order valence-electron chi connectivity index (χ2n) is 5.61. The molecule has 2 heterocycles. The molecule has 0 aromatic heterocycles. The maximum Gasteiger partial charge on any atom is 0.255 e. The van der Waals surface area contributed by atoms with Crippen LogP contribution >= 0.6 is 0 Å². The van der Waals surface area contributed by atoms with Gasteiger partial charge in [-0.1, -0.05) is 24.3 Å². The summed E-state index contributed by atoms with van der Waals surface area (Å²) in [6.45, 7) is 6.42. The molecule has 0 N–H and O–H groups in total. The van der Waals surface area contributed by atoms with Crippen LogP contribution < -0.4 is 0 Å². The smallest absolute Gasteiger partial charge is 0.255 e. The van der Waals surface area contributed by atoms with E-state index < -0.39 is 0 Å². The Labute approximate surface area is 118 Å². The van der Waals surface area contributed by atoms with Crippen molar-refractivity contribution in [1.29, 1.82) is 0 Å². The van der Waals surface area contributed by atoms with E-state index in [4.69, 9.17) is 0 Å². The number of allylic oxidation sites excluding steroid dienone is 1. The molecule has 1 unspecified atom stereocenters. The zero-order chi connectivity index (χ0) is 14.4. The molecule has 0 saturated carbocycles. The lowest BCUT2D eigenvalue weighted by atomic mass is 10.0. The maximum absolute atomic E-state index is 12.5. The molecule has 2 aliphatic heterocycles. The Morgan fingerprint density at radius 3 is 2.80 bits per heavy atom. The molecule has 0 spiro atoms. The van der Waals surface area contributed by atoms with Crippen molar-refractivity contribution < 1.29 is 9.59 Å². The van der Waals surface area contributed by atoms with Gasteiger partial charge in [-0.15, -0.1) is 0 Å². The number of hydrogen-bond acceptors (Lipinski definition) is 2. The molecule has 1 aromatic carbocycles. The molecular formula is C16H18N2O2. The Morgan fingerprint density at radius 1 is 1.30 bits per heavy atom.